The van der Waals surface area contributed by atoms with Gasteiger partial charge in [0, 0.05) is 10.4 Å². The standard InChI is InChI=1S/C14H12N2O5S/c1-7-11(5-12(17)18)22-14(15-7)16-13(19)8-2-3-9-10(4-8)21-6-20-9/h2-4H,5-6H2,1H3,(H,17,18)(H,15,16,19). The van der Waals surface area contributed by atoms with Gasteiger partial charge in [0.05, 0.1) is 12.1 Å². The summed E-state index contributed by atoms with van der Waals surface area (Å²) in [6.07, 6.45) is -0.108. The number of carboxylic acids is 1. The Kier molecular flexibility index (Phi) is 3.68. The number of thiazole rings is 1. The molecule has 1 aromatic heterocycles. The van der Waals surface area contributed by atoms with Crippen LogP contribution in [0.15, 0.2) is 18.2 Å². The van der Waals surface area contributed by atoms with E-state index in [1.165, 1.54) is 0 Å². The summed E-state index contributed by atoms with van der Waals surface area (Å²) in [4.78, 5) is 27.7. The van der Waals surface area contributed by atoms with Gasteiger partial charge in [0.25, 0.3) is 5.91 Å². The molecule has 7 nitrogen and oxygen atoms in total. The van der Waals surface area contributed by atoms with E-state index in [0.29, 0.717) is 32.8 Å². The Morgan fingerprint density at radius 1 is 1.36 bits per heavy atom. The number of nitrogens with zero attached hydrogens (tertiary/aromatic N) is 1. The van der Waals surface area contributed by atoms with Crippen LogP contribution in [0.25, 0.3) is 0 Å². The van der Waals surface area contributed by atoms with Crippen molar-refractivity contribution in [3.8, 4) is 11.5 Å². The zero-order valence-electron chi connectivity index (χ0n) is 11.6. The van der Waals surface area contributed by atoms with E-state index >= 15 is 0 Å². The number of ether oxygens (including phenoxy) is 2. The topological polar surface area (TPSA) is 97.8 Å². The molecule has 0 saturated heterocycles. The Bertz CT molecular complexity index is 756. The zero-order valence-corrected chi connectivity index (χ0v) is 12.4. The van der Waals surface area contributed by atoms with Gasteiger partial charge in [-0.1, -0.05) is 0 Å². The number of fused-ring (bicyclic) bond motifs is 1. The van der Waals surface area contributed by atoms with Gasteiger partial charge >= 0.3 is 5.97 Å². The van der Waals surface area contributed by atoms with E-state index in [2.05, 4.69) is 10.3 Å². The lowest BCUT2D eigenvalue weighted by atomic mass is 10.2. The van der Waals surface area contributed by atoms with E-state index in [4.69, 9.17) is 14.6 Å². The maximum Gasteiger partial charge on any atom is 0.308 e. The Hall–Kier alpha value is -2.61. The monoisotopic (exact) mass is 320 g/mol. The van der Waals surface area contributed by atoms with E-state index in [0.717, 1.165) is 11.3 Å². The lowest BCUT2D eigenvalue weighted by Gasteiger charge is -2.02. The van der Waals surface area contributed by atoms with Crippen LogP contribution in [0.4, 0.5) is 5.13 Å². The van der Waals surface area contributed by atoms with Crippen LogP contribution in [0.5, 0.6) is 11.5 Å². The van der Waals surface area contributed by atoms with Crippen molar-refractivity contribution in [1.29, 1.82) is 0 Å². The molecule has 0 bridgehead atoms. The third-order valence-electron chi connectivity index (χ3n) is 3.06. The molecule has 2 heterocycles. The van der Waals surface area contributed by atoms with Gasteiger partial charge in [0.1, 0.15) is 0 Å². The molecular weight excluding hydrogens is 308 g/mol. The summed E-state index contributed by atoms with van der Waals surface area (Å²) >= 11 is 1.16. The summed E-state index contributed by atoms with van der Waals surface area (Å²) in [6, 6.07) is 4.89. The maximum absolute atomic E-state index is 12.2. The van der Waals surface area contributed by atoms with Gasteiger partial charge in [-0.2, -0.15) is 0 Å². The van der Waals surface area contributed by atoms with Crippen molar-refractivity contribution in [3.63, 3.8) is 0 Å². The highest BCUT2D eigenvalue weighted by molar-refractivity contribution is 7.16. The number of benzene rings is 1. The van der Waals surface area contributed by atoms with Crippen LogP contribution >= 0.6 is 11.3 Å². The summed E-state index contributed by atoms with van der Waals surface area (Å²) in [7, 11) is 0. The van der Waals surface area contributed by atoms with Crippen molar-refractivity contribution in [2.75, 3.05) is 12.1 Å². The molecule has 0 spiro atoms. The molecule has 114 valence electrons. The molecule has 1 aliphatic rings. The molecule has 0 unspecified atom stereocenters. The predicted molar refractivity (Wildman–Crippen MR) is 78.7 cm³/mol. The van der Waals surface area contributed by atoms with Gasteiger partial charge in [-0.15, -0.1) is 11.3 Å². The Balaban J connectivity index is 1.75. The van der Waals surface area contributed by atoms with Gasteiger partial charge in [-0.05, 0) is 25.1 Å². The fourth-order valence-corrected chi connectivity index (χ4v) is 2.94. The maximum atomic E-state index is 12.2. The van der Waals surface area contributed by atoms with Crippen molar-refractivity contribution >= 4 is 28.3 Å². The molecule has 0 aliphatic carbocycles. The third-order valence-corrected chi connectivity index (χ3v) is 4.13. The molecule has 3 rings (SSSR count). The van der Waals surface area contributed by atoms with E-state index in [1.54, 1.807) is 25.1 Å². The molecule has 0 atom stereocenters. The van der Waals surface area contributed by atoms with Crippen LogP contribution in [-0.4, -0.2) is 28.8 Å². The second-order valence-corrected chi connectivity index (χ2v) is 5.70. The Morgan fingerprint density at radius 3 is 2.91 bits per heavy atom. The fraction of sp³-hybridized carbons (Fsp3) is 0.214. The number of anilines is 1. The fourth-order valence-electron chi connectivity index (χ4n) is 1.99. The van der Waals surface area contributed by atoms with E-state index in [9.17, 15) is 9.59 Å². The lowest BCUT2D eigenvalue weighted by Crippen LogP contribution is -2.11. The number of aromatic nitrogens is 1. The first-order valence-corrected chi connectivity index (χ1v) is 7.23. The summed E-state index contributed by atoms with van der Waals surface area (Å²) in [5.41, 5.74) is 1.02. The SMILES string of the molecule is Cc1nc(NC(=O)c2ccc3c(c2)OCO3)sc1CC(=O)O. The third kappa shape index (κ3) is 2.86. The minimum absolute atomic E-state index is 0.108. The number of carboxylic acid groups (broad SMARTS) is 1. The number of amides is 1. The van der Waals surface area contributed by atoms with Crippen LogP contribution in [0.2, 0.25) is 0 Å². The van der Waals surface area contributed by atoms with Crippen molar-refractivity contribution in [2.45, 2.75) is 13.3 Å². The lowest BCUT2D eigenvalue weighted by molar-refractivity contribution is -0.136. The number of carbonyl (C=O) groups excluding carboxylic acids is 1. The molecule has 0 radical (unpaired) electrons. The molecule has 1 amide bonds. The molecule has 0 saturated carbocycles. The number of aryl methyl sites for hydroxylation is 1. The number of rotatable bonds is 4. The highest BCUT2D eigenvalue weighted by Crippen LogP contribution is 2.33. The highest BCUT2D eigenvalue weighted by Gasteiger charge is 2.18. The Morgan fingerprint density at radius 2 is 2.14 bits per heavy atom. The predicted octanol–water partition coefficient (Wildman–Crippen LogP) is 2.06. The Labute approximate surface area is 129 Å². The van der Waals surface area contributed by atoms with Crippen molar-refractivity contribution in [1.82, 2.24) is 4.98 Å². The van der Waals surface area contributed by atoms with Gasteiger partial charge in [0.15, 0.2) is 16.6 Å². The minimum Gasteiger partial charge on any atom is -0.481 e. The summed E-state index contributed by atoms with van der Waals surface area (Å²) in [5.74, 6) is -0.144. The van der Waals surface area contributed by atoms with Gasteiger partial charge in [0.2, 0.25) is 6.79 Å². The van der Waals surface area contributed by atoms with Gasteiger partial charge in [-0.3, -0.25) is 14.9 Å². The van der Waals surface area contributed by atoms with Gasteiger partial charge < -0.3 is 14.6 Å². The van der Waals surface area contributed by atoms with Crippen LogP contribution in [0.1, 0.15) is 20.9 Å². The number of carbonyl (C=O) groups is 2. The highest BCUT2D eigenvalue weighted by atomic mass is 32.1. The van der Waals surface area contributed by atoms with Crippen LogP contribution < -0.4 is 14.8 Å². The number of nitrogens with one attached hydrogen (secondary N) is 1. The van der Waals surface area contributed by atoms with Gasteiger partial charge in [-0.25, -0.2) is 4.98 Å². The molecule has 1 aromatic carbocycles. The molecular formula is C14H12N2O5S. The molecule has 2 aromatic rings. The van der Waals surface area contributed by atoms with E-state index in [-0.39, 0.29) is 19.1 Å². The summed E-state index contributed by atoms with van der Waals surface area (Å²) in [5, 5.41) is 11.9. The average molecular weight is 320 g/mol. The first kappa shape index (κ1) is 14.3. The first-order chi connectivity index (χ1) is 10.5. The molecule has 8 heteroatoms. The first-order valence-electron chi connectivity index (χ1n) is 6.42. The second-order valence-electron chi connectivity index (χ2n) is 4.62. The molecule has 0 fully saturated rings. The van der Waals surface area contributed by atoms with E-state index < -0.39 is 5.97 Å². The van der Waals surface area contributed by atoms with Crippen LogP contribution in [-0.2, 0) is 11.2 Å². The van der Waals surface area contributed by atoms with Crippen molar-refractivity contribution < 1.29 is 24.2 Å². The van der Waals surface area contributed by atoms with Crippen LogP contribution in [0.3, 0.4) is 0 Å². The molecule has 22 heavy (non-hydrogen) atoms. The number of aliphatic carboxylic acids is 1. The summed E-state index contributed by atoms with van der Waals surface area (Å²) in [6.45, 7) is 1.86. The normalized spacial score (nSPS) is 12.2. The average Bonchev–Trinajstić information content (AvgIpc) is 3.04. The largest absolute Gasteiger partial charge is 0.481 e. The molecule has 2 N–H and O–H groups in total. The van der Waals surface area contributed by atoms with Crippen molar-refractivity contribution in [2.24, 2.45) is 0 Å². The second kappa shape index (κ2) is 5.64. The van der Waals surface area contributed by atoms with Crippen molar-refractivity contribution in [3.05, 3.63) is 34.3 Å². The quantitative estimate of drug-likeness (QED) is 0.895. The van der Waals surface area contributed by atoms with E-state index in [1.807, 2.05) is 0 Å². The molecule has 1 aliphatic heterocycles. The zero-order chi connectivity index (χ0) is 15.7. The number of hydrogen-bond acceptors (Lipinski definition) is 6. The summed E-state index contributed by atoms with van der Waals surface area (Å²) < 4.78 is 10.4. The number of hydrogen-bond donors (Lipinski definition) is 2. The van der Waals surface area contributed by atoms with Crippen LogP contribution in [0, 0.1) is 6.92 Å². The smallest absolute Gasteiger partial charge is 0.308 e. The minimum atomic E-state index is -0.930.